The van der Waals surface area contributed by atoms with Gasteiger partial charge in [0.1, 0.15) is 6.54 Å². The number of carbonyl (C=O) groups excluding carboxylic acids is 3. The Morgan fingerprint density at radius 2 is 1.85 bits per heavy atom. The number of primary amides is 1. The highest BCUT2D eigenvalue weighted by Crippen LogP contribution is 2.39. The van der Waals surface area contributed by atoms with E-state index in [2.05, 4.69) is 4.74 Å². The molecule has 1 fully saturated rings. The summed E-state index contributed by atoms with van der Waals surface area (Å²) >= 11 is 6.19. The van der Waals surface area contributed by atoms with Crippen LogP contribution in [0.3, 0.4) is 0 Å². The van der Waals surface area contributed by atoms with Crippen molar-refractivity contribution in [2.75, 3.05) is 13.2 Å². The molecule has 0 radical (unpaired) electrons. The molecule has 0 spiro atoms. The minimum atomic E-state index is -5.12. The van der Waals surface area contributed by atoms with Gasteiger partial charge in [-0.2, -0.15) is 13.2 Å². The lowest BCUT2D eigenvalue weighted by molar-refractivity contribution is -0.872. The topological polar surface area (TPSA) is 112 Å². The van der Waals surface area contributed by atoms with E-state index in [0.29, 0.717) is 30.0 Å². The summed E-state index contributed by atoms with van der Waals surface area (Å²) in [7, 11) is 0. The molecule has 0 aromatic heterocycles. The fraction of sp³-hybridized carbons (Fsp3) is 0.609. The van der Waals surface area contributed by atoms with E-state index in [1.165, 1.54) is 0 Å². The first-order chi connectivity index (χ1) is 15.6. The van der Waals surface area contributed by atoms with Gasteiger partial charge in [0, 0.05) is 30.0 Å². The van der Waals surface area contributed by atoms with Crippen LogP contribution in [0.4, 0.5) is 13.2 Å². The standard InChI is InChI=1S/C23H31ClF3N3O4/c1-22(2,3)17(8-10-34-21(33)23(25,26)27)20(32)30(9-4-5-18(30)19(29)31)13-15-11-16(24)7-6-14(15)12-28/h6-7,11,17-18H,4-5,8-10,12-13,28H2,1-3H3,(H-,29,31)/p+1/t17-,18?,30?/m0/s1. The fourth-order valence-electron chi connectivity index (χ4n) is 4.72. The highest BCUT2D eigenvalue weighted by atomic mass is 35.5. The molecule has 1 aromatic carbocycles. The zero-order valence-electron chi connectivity index (χ0n) is 19.6. The molecule has 2 rings (SSSR count). The Morgan fingerprint density at radius 3 is 2.38 bits per heavy atom. The van der Waals surface area contributed by atoms with Crippen molar-refractivity contribution < 1.29 is 36.8 Å². The molecule has 11 heteroatoms. The Bertz CT molecular complexity index is 933. The Morgan fingerprint density at radius 1 is 1.21 bits per heavy atom. The van der Waals surface area contributed by atoms with Gasteiger partial charge < -0.3 is 16.2 Å². The molecule has 1 aromatic rings. The summed E-state index contributed by atoms with van der Waals surface area (Å²) in [4.78, 5) is 37.7. The molecule has 0 aliphatic carbocycles. The Hall–Kier alpha value is -2.17. The number of quaternary nitrogens is 1. The van der Waals surface area contributed by atoms with Crippen molar-refractivity contribution in [3.8, 4) is 0 Å². The van der Waals surface area contributed by atoms with Crippen LogP contribution in [0.25, 0.3) is 0 Å². The number of nitrogens with zero attached hydrogens (tertiary/aromatic N) is 1. The zero-order valence-corrected chi connectivity index (χ0v) is 20.3. The van der Waals surface area contributed by atoms with Gasteiger partial charge >= 0.3 is 18.1 Å². The molecule has 2 amide bonds. The van der Waals surface area contributed by atoms with Gasteiger partial charge in [0.15, 0.2) is 6.04 Å². The van der Waals surface area contributed by atoms with E-state index in [4.69, 9.17) is 23.1 Å². The summed E-state index contributed by atoms with van der Waals surface area (Å²) in [6.45, 7) is 5.38. The number of nitrogens with two attached hydrogens (primary N) is 2. The van der Waals surface area contributed by atoms with Crippen molar-refractivity contribution in [2.45, 2.75) is 65.3 Å². The summed E-state index contributed by atoms with van der Waals surface area (Å²) in [5.41, 5.74) is 12.4. The normalized spacial score (nSPS) is 21.8. The van der Waals surface area contributed by atoms with Crippen LogP contribution in [0.2, 0.25) is 5.02 Å². The SMILES string of the molecule is CC(C)(C)[C@@H](CCOC(=O)C(F)(F)F)C(=O)[N+]1(Cc2cc(Cl)ccc2CN)CCCC1C(N)=O. The molecule has 34 heavy (non-hydrogen) atoms. The number of rotatable bonds is 8. The molecular weight excluding hydrogens is 475 g/mol. The predicted molar refractivity (Wildman–Crippen MR) is 120 cm³/mol. The van der Waals surface area contributed by atoms with Crippen molar-refractivity contribution >= 4 is 29.4 Å². The summed E-state index contributed by atoms with van der Waals surface area (Å²) in [5, 5.41) is 0.444. The highest BCUT2D eigenvalue weighted by Gasteiger charge is 2.55. The van der Waals surface area contributed by atoms with Crippen molar-refractivity contribution in [3.05, 3.63) is 34.3 Å². The molecule has 1 aliphatic heterocycles. The van der Waals surface area contributed by atoms with Crippen molar-refractivity contribution in [1.29, 1.82) is 0 Å². The molecule has 190 valence electrons. The van der Waals surface area contributed by atoms with E-state index in [-0.39, 0.29) is 29.9 Å². The molecule has 0 saturated carbocycles. The third kappa shape index (κ3) is 6.28. The third-order valence-electron chi connectivity index (χ3n) is 6.45. The Kier molecular flexibility index (Phi) is 8.77. The molecule has 1 saturated heterocycles. The Labute approximate surface area is 202 Å². The van der Waals surface area contributed by atoms with Gasteiger partial charge in [-0.1, -0.05) is 38.4 Å². The van der Waals surface area contributed by atoms with Gasteiger partial charge in [0.05, 0.1) is 19.1 Å². The summed E-state index contributed by atoms with van der Waals surface area (Å²) < 4.78 is 41.7. The number of halogens is 4. The van der Waals surface area contributed by atoms with E-state index >= 15 is 0 Å². The van der Waals surface area contributed by atoms with Crippen molar-refractivity contribution in [3.63, 3.8) is 0 Å². The molecule has 3 atom stereocenters. The maximum absolute atomic E-state index is 14.1. The van der Waals surface area contributed by atoms with Crippen LogP contribution < -0.4 is 11.5 Å². The summed E-state index contributed by atoms with van der Waals surface area (Å²) in [6, 6.07) is 4.33. The molecule has 4 N–H and O–H groups in total. The number of hydrogen-bond acceptors (Lipinski definition) is 5. The van der Waals surface area contributed by atoms with E-state index in [1.807, 2.05) is 0 Å². The van der Waals surface area contributed by atoms with Crippen LogP contribution >= 0.6 is 11.6 Å². The van der Waals surface area contributed by atoms with E-state index in [0.717, 1.165) is 5.56 Å². The first-order valence-electron chi connectivity index (χ1n) is 11.0. The monoisotopic (exact) mass is 506 g/mol. The van der Waals surface area contributed by atoms with Crippen LogP contribution in [0, 0.1) is 11.3 Å². The number of likely N-dealkylation sites (tertiary alicyclic amines) is 1. The number of hydrogen-bond donors (Lipinski definition) is 2. The van der Waals surface area contributed by atoms with Gasteiger partial charge in [-0.05, 0) is 29.5 Å². The second kappa shape index (κ2) is 10.6. The van der Waals surface area contributed by atoms with Gasteiger partial charge in [-0.3, -0.25) is 4.79 Å². The highest BCUT2D eigenvalue weighted by molar-refractivity contribution is 6.30. The van der Waals surface area contributed by atoms with Gasteiger partial charge in [-0.25, -0.2) is 14.1 Å². The van der Waals surface area contributed by atoms with E-state index < -0.39 is 42.0 Å². The second-order valence-electron chi connectivity index (χ2n) is 9.77. The van der Waals surface area contributed by atoms with Crippen LogP contribution in [-0.2, 0) is 32.2 Å². The van der Waals surface area contributed by atoms with Crippen molar-refractivity contribution in [1.82, 2.24) is 0 Å². The quantitative estimate of drug-likeness (QED) is 0.414. The summed E-state index contributed by atoms with van der Waals surface area (Å²) in [5.74, 6) is -4.08. The predicted octanol–water partition coefficient (Wildman–Crippen LogP) is 3.45. The first-order valence-corrected chi connectivity index (χ1v) is 11.4. The fourth-order valence-corrected chi connectivity index (χ4v) is 4.91. The lowest BCUT2D eigenvalue weighted by Gasteiger charge is -2.41. The maximum Gasteiger partial charge on any atom is 0.490 e. The Balaban J connectivity index is 2.46. The largest absolute Gasteiger partial charge is 0.490 e. The van der Waals surface area contributed by atoms with Gasteiger partial charge in [0.2, 0.25) is 0 Å². The van der Waals surface area contributed by atoms with Gasteiger partial charge in [-0.15, -0.1) is 0 Å². The maximum atomic E-state index is 14.1. The number of amides is 2. The van der Waals surface area contributed by atoms with E-state index in [9.17, 15) is 27.6 Å². The van der Waals surface area contributed by atoms with Crippen LogP contribution in [-0.4, -0.2) is 47.6 Å². The van der Waals surface area contributed by atoms with E-state index in [1.54, 1.807) is 39.0 Å². The molecule has 7 nitrogen and oxygen atoms in total. The minimum Gasteiger partial charge on any atom is -0.459 e. The third-order valence-corrected chi connectivity index (χ3v) is 6.69. The molecule has 1 aliphatic rings. The van der Waals surface area contributed by atoms with Crippen molar-refractivity contribution in [2.24, 2.45) is 22.8 Å². The first kappa shape index (κ1) is 28.1. The zero-order chi connectivity index (χ0) is 25.9. The number of benzene rings is 1. The molecule has 0 bridgehead atoms. The van der Waals surface area contributed by atoms with Crippen LogP contribution in [0.15, 0.2) is 18.2 Å². The average molecular weight is 507 g/mol. The average Bonchev–Trinajstić information content (AvgIpc) is 3.14. The lowest BCUT2D eigenvalue weighted by Crippen LogP contribution is -2.62. The van der Waals surface area contributed by atoms with Gasteiger partial charge in [0.25, 0.3) is 5.91 Å². The second-order valence-corrected chi connectivity index (χ2v) is 10.2. The number of alkyl halides is 3. The number of esters is 1. The van der Waals surface area contributed by atoms with Crippen LogP contribution in [0.5, 0.6) is 0 Å². The smallest absolute Gasteiger partial charge is 0.459 e. The summed E-state index contributed by atoms with van der Waals surface area (Å²) in [6.07, 6.45) is -4.28. The molecular formula is C23H32ClF3N3O4+. The number of carbonyl (C=O) groups is 3. The molecule has 2 unspecified atom stereocenters. The van der Waals surface area contributed by atoms with Crippen LogP contribution in [0.1, 0.15) is 51.2 Å². The number of ether oxygens (including phenoxy) is 1. The molecule has 1 heterocycles. The lowest BCUT2D eigenvalue weighted by atomic mass is 9.77. The minimum absolute atomic E-state index is 0.119.